The number of pyridine rings is 1. The van der Waals surface area contributed by atoms with E-state index in [1.165, 1.54) is 0 Å². The minimum absolute atomic E-state index is 0.00318. The average Bonchev–Trinajstić information content (AvgIpc) is 2.16. The van der Waals surface area contributed by atoms with Crippen LogP contribution in [0.25, 0.3) is 0 Å². The van der Waals surface area contributed by atoms with Gasteiger partial charge in [-0.3, -0.25) is 9.78 Å². The first-order valence-electron chi connectivity index (χ1n) is 5.39. The Hall–Kier alpha value is -1.42. The van der Waals surface area contributed by atoms with Crippen molar-refractivity contribution in [3.05, 3.63) is 30.1 Å². The van der Waals surface area contributed by atoms with Crippen molar-refractivity contribution in [3.63, 3.8) is 0 Å². The fourth-order valence-corrected chi connectivity index (χ4v) is 1.27. The monoisotopic (exact) mass is 221 g/mol. The van der Waals surface area contributed by atoms with E-state index in [4.69, 9.17) is 0 Å². The van der Waals surface area contributed by atoms with Gasteiger partial charge in [-0.25, -0.2) is 0 Å². The van der Waals surface area contributed by atoms with Gasteiger partial charge in [-0.05, 0) is 32.9 Å². The van der Waals surface area contributed by atoms with Crippen LogP contribution in [-0.4, -0.2) is 23.0 Å². The number of hydrogen-bond donors (Lipinski definition) is 2. The van der Waals surface area contributed by atoms with Crippen LogP contribution in [0.3, 0.4) is 0 Å². The third-order valence-electron chi connectivity index (χ3n) is 1.83. The minimum atomic E-state index is -0.177. The Morgan fingerprint density at radius 2 is 2.12 bits per heavy atom. The molecule has 4 heteroatoms. The standard InChI is InChI=1S/C12H19N3O/c1-12(2,3)15-11(16)9-13-8-10-6-4-5-7-14-10/h4-7,13H,8-9H2,1-3H3,(H,15,16). The van der Waals surface area contributed by atoms with Crippen molar-refractivity contribution in [2.75, 3.05) is 6.54 Å². The normalized spacial score (nSPS) is 11.2. The van der Waals surface area contributed by atoms with E-state index in [0.717, 1.165) is 5.69 Å². The summed E-state index contributed by atoms with van der Waals surface area (Å²) in [5.74, 6) is 0.00318. The van der Waals surface area contributed by atoms with Crippen molar-refractivity contribution in [3.8, 4) is 0 Å². The lowest BCUT2D eigenvalue weighted by Crippen LogP contribution is -2.44. The number of hydrogen-bond acceptors (Lipinski definition) is 3. The Balaban J connectivity index is 2.24. The van der Waals surface area contributed by atoms with Gasteiger partial charge in [-0.15, -0.1) is 0 Å². The molecule has 2 N–H and O–H groups in total. The lowest BCUT2D eigenvalue weighted by Gasteiger charge is -2.20. The number of nitrogens with one attached hydrogen (secondary N) is 2. The number of rotatable bonds is 4. The van der Waals surface area contributed by atoms with Gasteiger partial charge in [0.1, 0.15) is 0 Å². The molecular weight excluding hydrogens is 202 g/mol. The average molecular weight is 221 g/mol. The van der Waals surface area contributed by atoms with Crippen LogP contribution in [0.4, 0.5) is 0 Å². The highest BCUT2D eigenvalue weighted by Crippen LogP contribution is 1.97. The van der Waals surface area contributed by atoms with Crippen molar-refractivity contribution in [1.82, 2.24) is 15.6 Å². The smallest absolute Gasteiger partial charge is 0.234 e. The van der Waals surface area contributed by atoms with Gasteiger partial charge in [0.05, 0.1) is 12.2 Å². The van der Waals surface area contributed by atoms with Crippen LogP contribution in [0.1, 0.15) is 26.5 Å². The maximum absolute atomic E-state index is 11.5. The quantitative estimate of drug-likeness (QED) is 0.800. The Bertz CT molecular complexity index is 330. The lowest BCUT2D eigenvalue weighted by molar-refractivity contribution is -0.121. The maximum atomic E-state index is 11.5. The van der Waals surface area contributed by atoms with Crippen LogP contribution >= 0.6 is 0 Å². The SMILES string of the molecule is CC(C)(C)NC(=O)CNCc1ccccn1. The van der Waals surface area contributed by atoms with Gasteiger partial charge in [0.2, 0.25) is 5.91 Å². The Kier molecular flexibility index (Phi) is 4.43. The van der Waals surface area contributed by atoms with Crippen LogP contribution in [0, 0.1) is 0 Å². The Morgan fingerprint density at radius 3 is 2.69 bits per heavy atom. The van der Waals surface area contributed by atoms with Crippen molar-refractivity contribution >= 4 is 5.91 Å². The molecule has 0 spiro atoms. The van der Waals surface area contributed by atoms with Gasteiger partial charge in [0.25, 0.3) is 0 Å². The van der Waals surface area contributed by atoms with Gasteiger partial charge in [-0.1, -0.05) is 6.07 Å². The van der Waals surface area contributed by atoms with Crippen molar-refractivity contribution in [1.29, 1.82) is 0 Å². The summed E-state index contributed by atoms with van der Waals surface area (Å²) in [5.41, 5.74) is 0.759. The van der Waals surface area contributed by atoms with Gasteiger partial charge in [-0.2, -0.15) is 0 Å². The zero-order valence-corrected chi connectivity index (χ0v) is 10.1. The van der Waals surface area contributed by atoms with E-state index in [2.05, 4.69) is 15.6 Å². The van der Waals surface area contributed by atoms with E-state index < -0.39 is 0 Å². The second kappa shape index (κ2) is 5.61. The first-order chi connectivity index (χ1) is 7.47. The van der Waals surface area contributed by atoms with Crippen LogP contribution in [0.5, 0.6) is 0 Å². The lowest BCUT2D eigenvalue weighted by atomic mass is 10.1. The van der Waals surface area contributed by atoms with Gasteiger partial charge in [0.15, 0.2) is 0 Å². The molecule has 1 aromatic rings. The van der Waals surface area contributed by atoms with E-state index in [1.807, 2.05) is 39.0 Å². The molecule has 88 valence electrons. The van der Waals surface area contributed by atoms with Gasteiger partial charge >= 0.3 is 0 Å². The highest BCUT2D eigenvalue weighted by Gasteiger charge is 2.12. The molecule has 1 rings (SSSR count). The van der Waals surface area contributed by atoms with E-state index in [0.29, 0.717) is 13.1 Å². The van der Waals surface area contributed by atoms with E-state index in [9.17, 15) is 4.79 Å². The number of aromatic nitrogens is 1. The molecule has 0 bridgehead atoms. The second-order valence-electron chi connectivity index (χ2n) is 4.72. The van der Waals surface area contributed by atoms with Crippen LogP contribution in [-0.2, 0) is 11.3 Å². The zero-order valence-electron chi connectivity index (χ0n) is 10.1. The molecule has 1 heterocycles. The first kappa shape index (κ1) is 12.6. The van der Waals surface area contributed by atoms with Crippen LogP contribution < -0.4 is 10.6 Å². The topological polar surface area (TPSA) is 54.0 Å². The molecule has 0 saturated carbocycles. The molecule has 0 aliphatic heterocycles. The third-order valence-corrected chi connectivity index (χ3v) is 1.83. The minimum Gasteiger partial charge on any atom is -0.350 e. The summed E-state index contributed by atoms with van der Waals surface area (Å²) < 4.78 is 0. The molecule has 16 heavy (non-hydrogen) atoms. The molecule has 4 nitrogen and oxygen atoms in total. The van der Waals surface area contributed by atoms with E-state index in [1.54, 1.807) is 6.20 Å². The molecule has 0 unspecified atom stereocenters. The van der Waals surface area contributed by atoms with E-state index in [-0.39, 0.29) is 11.4 Å². The number of amides is 1. The summed E-state index contributed by atoms with van der Waals surface area (Å²) in [6, 6.07) is 5.73. The van der Waals surface area contributed by atoms with Crippen LogP contribution in [0.2, 0.25) is 0 Å². The molecule has 0 fully saturated rings. The zero-order chi connectivity index (χ0) is 12.0. The Labute approximate surface area is 96.5 Å². The predicted molar refractivity (Wildman–Crippen MR) is 63.8 cm³/mol. The van der Waals surface area contributed by atoms with Crippen molar-refractivity contribution < 1.29 is 4.79 Å². The number of carbonyl (C=O) groups is 1. The molecular formula is C12H19N3O. The first-order valence-corrected chi connectivity index (χ1v) is 5.39. The largest absolute Gasteiger partial charge is 0.350 e. The van der Waals surface area contributed by atoms with Crippen molar-refractivity contribution in [2.24, 2.45) is 0 Å². The maximum Gasteiger partial charge on any atom is 0.234 e. The molecule has 0 aromatic carbocycles. The predicted octanol–water partition coefficient (Wildman–Crippen LogP) is 1.09. The molecule has 0 radical (unpaired) electrons. The summed E-state index contributed by atoms with van der Waals surface area (Å²) in [4.78, 5) is 15.6. The van der Waals surface area contributed by atoms with Crippen LogP contribution in [0.15, 0.2) is 24.4 Å². The molecule has 1 aromatic heterocycles. The van der Waals surface area contributed by atoms with Crippen molar-refractivity contribution in [2.45, 2.75) is 32.9 Å². The second-order valence-corrected chi connectivity index (χ2v) is 4.72. The molecule has 0 atom stereocenters. The number of nitrogens with zero attached hydrogens (tertiary/aromatic N) is 1. The van der Waals surface area contributed by atoms with Gasteiger partial charge < -0.3 is 10.6 Å². The molecule has 0 aliphatic carbocycles. The summed E-state index contributed by atoms with van der Waals surface area (Å²) >= 11 is 0. The number of carbonyl (C=O) groups excluding carboxylic acids is 1. The summed E-state index contributed by atoms with van der Waals surface area (Å²) in [6.07, 6.45) is 1.74. The molecule has 0 saturated heterocycles. The summed E-state index contributed by atoms with van der Waals surface area (Å²) in [7, 11) is 0. The van der Waals surface area contributed by atoms with Gasteiger partial charge in [0, 0.05) is 18.3 Å². The summed E-state index contributed by atoms with van der Waals surface area (Å²) in [5, 5.41) is 5.93. The highest BCUT2D eigenvalue weighted by molar-refractivity contribution is 5.78. The fraction of sp³-hybridized carbons (Fsp3) is 0.500. The van der Waals surface area contributed by atoms with E-state index >= 15 is 0 Å². The summed E-state index contributed by atoms with van der Waals surface area (Å²) in [6.45, 7) is 6.81. The fourth-order valence-electron chi connectivity index (χ4n) is 1.27. The highest BCUT2D eigenvalue weighted by atomic mass is 16.2. The Morgan fingerprint density at radius 1 is 1.38 bits per heavy atom. The third kappa shape index (κ3) is 5.46. The molecule has 1 amide bonds. The molecule has 0 aliphatic rings.